The molecule has 0 aromatic carbocycles. The first kappa shape index (κ1) is 19.2. The van der Waals surface area contributed by atoms with Crippen LogP contribution in [0, 0.1) is 0 Å². The third kappa shape index (κ3) is 4.24. The smallest absolute Gasteiger partial charge is 0.337 e. The van der Waals surface area contributed by atoms with Gasteiger partial charge in [0.05, 0.1) is 6.54 Å². The first-order valence-corrected chi connectivity index (χ1v) is 9.40. The van der Waals surface area contributed by atoms with E-state index in [1.807, 2.05) is 25.9 Å². The summed E-state index contributed by atoms with van der Waals surface area (Å²) in [6.45, 7) is 5.06. The number of carbonyl (C=O) groups excluding carboxylic acids is 1. The van der Waals surface area contributed by atoms with Gasteiger partial charge in [0.25, 0.3) is 5.91 Å². The summed E-state index contributed by atoms with van der Waals surface area (Å²) in [4.78, 5) is 29.2. The monoisotopic (exact) mass is 373 g/mol. The summed E-state index contributed by atoms with van der Waals surface area (Å²) in [5.74, 6) is 0.704. The molecule has 0 saturated carbocycles. The Hall–Kier alpha value is -2.55. The fourth-order valence-corrected chi connectivity index (χ4v) is 3.45. The Morgan fingerprint density at radius 2 is 2.19 bits per heavy atom. The van der Waals surface area contributed by atoms with Crippen LogP contribution in [0.25, 0.3) is 0 Å². The lowest BCUT2D eigenvalue weighted by Gasteiger charge is -2.32. The average molecular weight is 373 g/mol. The maximum Gasteiger partial charge on any atom is 0.345 e. The lowest BCUT2D eigenvalue weighted by Crippen LogP contribution is -2.40. The van der Waals surface area contributed by atoms with Crippen molar-refractivity contribution in [2.75, 3.05) is 33.7 Å². The Morgan fingerprint density at radius 3 is 2.85 bits per heavy atom. The van der Waals surface area contributed by atoms with Gasteiger partial charge in [0.1, 0.15) is 5.82 Å². The van der Waals surface area contributed by atoms with Gasteiger partial charge < -0.3 is 9.80 Å². The van der Waals surface area contributed by atoms with Crippen molar-refractivity contribution in [3.05, 3.63) is 40.3 Å². The van der Waals surface area contributed by atoms with E-state index < -0.39 is 0 Å². The maximum absolute atomic E-state index is 12.7. The summed E-state index contributed by atoms with van der Waals surface area (Å²) in [5, 5.41) is 12.3. The molecule has 9 heteroatoms. The first-order chi connectivity index (χ1) is 13.0. The molecule has 1 aliphatic heterocycles. The van der Waals surface area contributed by atoms with Crippen molar-refractivity contribution >= 4 is 5.91 Å². The second kappa shape index (κ2) is 8.43. The SMILES string of the molecule is CCn1c(C2CCCN(C(=O)c3cccnn3)C2)nn(CCN(C)C)c1=O. The molecule has 27 heavy (non-hydrogen) atoms. The Kier molecular flexibility index (Phi) is 6.00. The molecule has 0 radical (unpaired) electrons. The van der Waals surface area contributed by atoms with Crippen molar-refractivity contribution in [3.63, 3.8) is 0 Å². The number of aromatic nitrogens is 5. The van der Waals surface area contributed by atoms with Gasteiger partial charge >= 0.3 is 5.69 Å². The van der Waals surface area contributed by atoms with E-state index in [4.69, 9.17) is 0 Å². The zero-order valence-electron chi connectivity index (χ0n) is 16.2. The number of hydrogen-bond acceptors (Lipinski definition) is 6. The molecule has 1 atom stereocenters. The number of likely N-dealkylation sites (N-methyl/N-ethyl adjacent to an activating group) is 1. The molecule has 0 N–H and O–H groups in total. The second-order valence-electron chi connectivity index (χ2n) is 7.11. The minimum Gasteiger partial charge on any atom is -0.337 e. The Labute approximate surface area is 158 Å². The van der Waals surface area contributed by atoms with Gasteiger partial charge in [-0.3, -0.25) is 9.36 Å². The van der Waals surface area contributed by atoms with Gasteiger partial charge in [0.2, 0.25) is 0 Å². The van der Waals surface area contributed by atoms with E-state index in [-0.39, 0.29) is 17.5 Å². The van der Waals surface area contributed by atoms with Gasteiger partial charge in [-0.2, -0.15) is 10.2 Å². The number of amides is 1. The summed E-state index contributed by atoms with van der Waals surface area (Å²) in [6, 6.07) is 3.39. The Balaban J connectivity index is 1.80. The second-order valence-corrected chi connectivity index (χ2v) is 7.11. The molecule has 146 valence electrons. The molecule has 3 heterocycles. The molecule has 9 nitrogen and oxygen atoms in total. The van der Waals surface area contributed by atoms with Crippen LogP contribution >= 0.6 is 0 Å². The van der Waals surface area contributed by atoms with Crippen molar-refractivity contribution in [2.24, 2.45) is 0 Å². The standard InChI is InChI=1S/C18H27N7O2/c1-4-24-16(21-25(18(24)27)12-11-22(2)3)14-7-6-10-23(13-14)17(26)15-8-5-9-19-20-15/h5,8-9,14H,4,6-7,10-13H2,1-3H3. The van der Waals surface area contributed by atoms with E-state index in [9.17, 15) is 9.59 Å². The molecule has 2 aromatic rings. The van der Waals surface area contributed by atoms with Crippen molar-refractivity contribution in [3.8, 4) is 0 Å². The predicted octanol–water partition coefficient (Wildman–Crippen LogP) is 0.436. The quantitative estimate of drug-likeness (QED) is 0.730. The van der Waals surface area contributed by atoms with Crippen molar-refractivity contribution in [2.45, 2.75) is 38.8 Å². The average Bonchev–Trinajstić information content (AvgIpc) is 3.02. The highest BCUT2D eigenvalue weighted by molar-refractivity contribution is 5.92. The van der Waals surface area contributed by atoms with Crippen molar-refractivity contribution < 1.29 is 4.79 Å². The normalized spacial score (nSPS) is 17.5. The predicted molar refractivity (Wildman–Crippen MR) is 101 cm³/mol. The zero-order chi connectivity index (χ0) is 19.4. The topological polar surface area (TPSA) is 89.2 Å². The summed E-state index contributed by atoms with van der Waals surface area (Å²) in [6.07, 6.45) is 3.34. The van der Waals surface area contributed by atoms with Crippen LogP contribution in [0.2, 0.25) is 0 Å². The summed E-state index contributed by atoms with van der Waals surface area (Å²) in [5.41, 5.74) is 0.272. The van der Waals surface area contributed by atoms with Crippen LogP contribution in [0.1, 0.15) is 42.0 Å². The number of carbonyl (C=O) groups is 1. The minimum atomic E-state index is -0.120. The van der Waals surface area contributed by atoms with Crippen LogP contribution in [0.3, 0.4) is 0 Å². The van der Waals surface area contributed by atoms with E-state index in [2.05, 4.69) is 15.3 Å². The lowest BCUT2D eigenvalue weighted by molar-refractivity contribution is 0.0696. The van der Waals surface area contributed by atoms with Crippen LogP contribution < -0.4 is 5.69 Å². The summed E-state index contributed by atoms with van der Waals surface area (Å²) >= 11 is 0. The fraction of sp³-hybridized carbons (Fsp3) is 0.611. The van der Waals surface area contributed by atoms with Crippen LogP contribution in [-0.4, -0.2) is 74.0 Å². The van der Waals surface area contributed by atoms with Gasteiger partial charge in [-0.25, -0.2) is 9.48 Å². The van der Waals surface area contributed by atoms with Crippen LogP contribution in [-0.2, 0) is 13.1 Å². The first-order valence-electron chi connectivity index (χ1n) is 9.40. The molecular weight excluding hydrogens is 346 g/mol. The van der Waals surface area contributed by atoms with E-state index in [0.717, 1.165) is 25.2 Å². The summed E-state index contributed by atoms with van der Waals surface area (Å²) in [7, 11) is 3.94. The van der Waals surface area contributed by atoms with Crippen molar-refractivity contribution in [1.29, 1.82) is 0 Å². The van der Waals surface area contributed by atoms with Gasteiger partial charge in [0, 0.05) is 38.3 Å². The maximum atomic E-state index is 12.7. The van der Waals surface area contributed by atoms with E-state index in [0.29, 0.717) is 31.9 Å². The van der Waals surface area contributed by atoms with Crippen LogP contribution in [0.4, 0.5) is 0 Å². The number of likely N-dealkylation sites (tertiary alicyclic amines) is 1. The molecular formula is C18H27N7O2. The molecule has 1 amide bonds. The largest absolute Gasteiger partial charge is 0.345 e. The Bertz CT molecular complexity index is 828. The fourth-order valence-electron chi connectivity index (χ4n) is 3.45. The summed E-state index contributed by atoms with van der Waals surface area (Å²) < 4.78 is 3.28. The van der Waals surface area contributed by atoms with Gasteiger partial charge in [0.15, 0.2) is 5.69 Å². The molecule has 1 aliphatic rings. The highest BCUT2D eigenvalue weighted by Gasteiger charge is 2.30. The minimum absolute atomic E-state index is 0.0487. The molecule has 0 bridgehead atoms. The van der Waals surface area contributed by atoms with E-state index in [1.165, 1.54) is 0 Å². The number of hydrogen-bond donors (Lipinski definition) is 0. The van der Waals surface area contributed by atoms with Gasteiger partial charge in [-0.15, -0.1) is 5.10 Å². The lowest BCUT2D eigenvalue weighted by atomic mass is 9.97. The molecule has 1 saturated heterocycles. The molecule has 1 unspecified atom stereocenters. The van der Waals surface area contributed by atoms with E-state index in [1.54, 1.807) is 32.5 Å². The van der Waals surface area contributed by atoms with Crippen LogP contribution in [0.15, 0.2) is 23.1 Å². The van der Waals surface area contributed by atoms with E-state index >= 15 is 0 Å². The molecule has 1 fully saturated rings. The van der Waals surface area contributed by atoms with Crippen LogP contribution in [0.5, 0.6) is 0 Å². The van der Waals surface area contributed by atoms with Gasteiger partial charge in [-0.05, 0) is 46.0 Å². The zero-order valence-corrected chi connectivity index (χ0v) is 16.2. The molecule has 0 spiro atoms. The Morgan fingerprint density at radius 1 is 1.37 bits per heavy atom. The molecule has 2 aromatic heterocycles. The molecule has 3 rings (SSSR count). The third-order valence-corrected chi connectivity index (χ3v) is 4.89. The third-order valence-electron chi connectivity index (χ3n) is 4.89. The molecule has 0 aliphatic carbocycles. The number of nitrogens with zero attached hydrogens (tertiary/aromatic N) is 7. The van der Waals surface area contributed by atoms with Crippen molar-refractivity contribution in [1.82, 2.24) is 34.3 Å². The highest BCUT2D eigenvalue weighted by Crippen LogP contribution is 2.26. The number of rotatable bonds is 6. The highest BCUT2D eigenvalue weighted by atomic mass is 16.2. The van der Waals surface area contributed by atoms with Gasteiger partial charge in [-0.1, -0.05) is 0 Å². The number of piperidine rings is 1.